The molecule has 1 aromatic rings. The molecule has 8 rings (SSSR count). The van der Waals surface area contributed by atoms with Crippen molar-refractivity contribution in [2.45, 2.75) is 145 Å². The number of carbonyl (C=O) groups excluding carboxylic acids is 2. The van der Waals surface area contributed by atoms with Crippen LogP contribution in [0.3, 0.4) is 0 Å². The second-order valence-corrected chi connectivity index (χ2v) is 21.1. The summed E-state index contributed by atoms with van der Waals surface area (Å²) in [4.78, 5) is 39.1. The molecular formula is C49H73NO6. The van der Waals surface area contributed by atoms with E-state index in [2.05, 4.69) is 46.9 Å². The summed E-state index contributed by atoms with van der Waals surface area (Å²) in [7, 11) is 0. The Morgan fingerprint density at radius 3 is 2.21 bits per heavy atom. The summed E-state index contributed by atoms with van der Waals surface area (Å²) in [6.45, 7) is 20.3. The predicted octanol–water partition coefficient (Wildman–Crippen LogP) is 10.2. The van der Waals surface area contributed by atoms with E-state index >= 15 is 0 Å². The van der Waals surface area contributed by atoms with Crippen molar-refractivity contribution in [2.75, 3.05) is 19.8 Å². The second kappa shape index (κ2) is 15.9. The summed E-state index contributed by atoms with van der Waals surface area (Å²) >= 11 is 0. The van der Waals surface area contributed by atoms with Crippen molar-refractivity contribution in [3.8, 4) is 5.75 Å². The van der Waals surface area contributed by atoms with Gasteiger partial charge in [0.25, 0.3) is 0 Å². The molecule has 1 aliphatic heterocycles. The van der Waals surface area contributed by atoms with Crippen molar-refractivity contribution >= 4 is 17.5 Å². The first-order chi connectivity index (χ1) is 26.5. The van der Waals surface area contributed by atoms with Crippen LogP contribution in [0.15, 0.2) is 35.4 Å². The molecule has 7 aliphatic rings. The SMILES string of the molecule is C1CCOC1.CC(C)C1=C2C3CCC4C(C)(CCC5C(C)(C)C(CC(=O)C6CC(C(=O)O)C6C)CCC54C)C3CCC2(CCNCc2ccc(O)cc2)CC1=O. The van der Waals surface area contributed by atoms with E-state index in [9.17, 15) is 24.6 Å². The van der Waals surface area contributed by atoms with E-state index in [1.807, 2.05) is 19.1 Å². The molecule has 56 heavy (non-hydrogen) atoms. The molecule has 11 atom stereocenters. The molecule has 7 heteroatoms. The number of phenols is 1. The molecule has 310 valence electrons. The number of Topliss-reactive ketones (excluding diaryl/α,β-unsaturated/α-hetero) is 2. The van der Waals surface area contributed by atoms with Crippen LogP contribution in [0, 0.1) is 74.9 Å². The lowest BCUT2D eigenvalue weighted by Gasteiger charge is -2.69. The second-order valence-electron chi connectivity index (χ2n) is 21.1. The Bertz CT molecular complexity index is 1650. The number of ether oxygens (including phenoxy) is 1. The van der Waals surface area contributed by atoms with Gasteiger partial charge in [0.2, 0.25) is 0 Å². The zero-order valence-electron chi connectivity index (χ0n) is 35.8. The molecule has 11 unspecified atom stereocenters. The smallest absolute Gasteiger partial charge is 0.306 e. The number of carbonyl (C=O) groups is 3. The van der Waals surface area contributed by atoms with E-state index < -0.39 is 5.97 Å². The number of allylic oxidation sites excluding steroid dienone is 2. The zero-order chi connectivity index (χ0) is 40.2. The van der Waals surface area contributed by atoms with Crippen LogP contribution in [0.2, 0.25) is 0 Å². The van der Waals surface area contributed by atoms with Crippen LogP contribution in [0.5, 0.6) is 5.75 Å². The molecule has 0 amide bonds. The first-order valence-electron chi connectivity index (χ1n) is 22.6. The van der Waals surface area contributed by atoms with E-state index in [0.717, 1.165) is 51.1 Å². The molecule has 0 bridgehead atoms. The third-order valence-corrected chi connectivity index (χ3v) is 17.8. The maximum atomic E-state index is 13.9. The van der Waals surface area contributed by atoms with Gasteiger partial charge in [-0.05, 0) is 165 Å². The standard InChI is InChI=1S/C45H65NO5.C4H8O/c1-26(2)39-36(49)24-45(20-21-46-25-28-8-10-30(47)11-9-28)19-15-34-31(40(39)45)12-13-38-43(34,6)18-16-37-42(4,5)29(14-17-44(37,38)7)22-35(48)32-23-33(27(32)3)41(50)51;1-2-4-5-3-1/h8-11,26-27,29,31-34,37-38,46-47H,12-25H2,1-7H3,(H,50,51);1-4H2. The van der Waals surface area contributed by atoms with E-state index in [1.54, 1.807) is 17.7 Å². The Morgan fingerprint density at radius 1 is 0.893 bits per heavy atom. The minimum Gasteiger partial charge on any atom is -0.508 e. The van der Waals surface area contributed by atoms with Gasteiger partial charge in [0.1, 0.15) is 11.5 Å². The number of hydrogen-bond donors (Lipinski definition) is 3. The van der Waals surface area contributed by atoms with Gasteiger partial charge in [-0.2, -0.15) is 0 Å². The summed E-state index contributed by atoms with van der Waals surface area (Å²) in [6, 6.07) is 7.44. The molecule has 1 aromatic carbocycles. The molecular weight excluding hydrogens is 699 g/mol. The molecule has 0 spiro atoms. The van der Waals surface area contributed by atoms with Gasteiger partial charge in [0, 0.05) is 43.9 Å². The van der Waals surface area contributed by atoms with Crippen LogP contribution in [-0.2, 0) is 25.7 Å². The largest absolute Gasteiger partial charge is 0.508 e. The van der Waals surface area contributed by atoms with Gasteiger partial charge in [0.15, 0.2) is 5.78 Å². The van der Waals surface area contributed by atoms with Crippen LogP contribution < -0.4 is 5.32 Å². The first-order valence-corrected chi connectivity index (χ1v) is 22.6. The molecule has 0 radical (unpaired) electrons. The van der Waals surface area contributed by atoms with Gasteiger partial charge in [-0.3, -0.25) is 14.4 Å². The highest BCUT2D eigenvalue weighted by Gasteiger charge is 2.66. The molecule has 0 aromatic heterocycles. The van der Waals surface area contributed by atoms with Crippen molar-refractivity contribution in [1.82, 2.24) is 5.32 Å². The predicted molar refractivity (Wildman–Crippen MR) is 221 cm³/mol. The Kier molecular flexibility index (Phi) is 11.8. The number of hydrogen-bond acceptors (Lipinski definition) is 6. The van der Waals surface area contributed by atoms with Crippen molar-refractivity contribution in [3.05, 3.63) is 41.0 Å². The maximum absolute atomic E-state index is 13.9. The number of aliphatic carboxylic acids is 1. The summed E-state index contributed by atoms with van der Waals surface area (Å²) in [5, 5.41) is 22.9. The molecule has 6 aliphatic carbocycles. The minimum atomic E-state index is -0.751. The Labute approximate surface area is 337 Å². The summed E-state index contributed by atoms with van der Waals surface area (Å²) < 4.78 is 4.94. The van der Waals surface area contributed by atoms with Crippen LogP contribution in [-0.4, -0.2) is 47.5 Å². The van der Waals surface area contributed by atoms with E-state index in [4.69, 9.17) is 4.74 Å². The number of phenolic OH excluding ortho intramolecular Hbond substituents is 1. The molecule has 6 fully saturated rings. The lowest BCUT2D eigenvalue weighted by Crippen LogP contribution is -2.62. The van der Waals surface area contributed by atoms with Crippen molar-refractivity contribution in [3.63, 3.8) is 0 Å². The van der Waals surface area contributed by atoms with Crippen LogP contribution >= 0.6 is 0 Å². The summed E-state index contributed by atoms with van der Waals surface area (Å²) in [5.41, 5.74) is 4.45. The summed E-state index contributed by atoms with van der Waals surface area (Å²) in [5.74, 6) is 2.75. The number of nitrogens with one attached hydrogen (secondary N) is 1. The Morgan fingerprint density at radius 2 is 1.59 bits per heavy atom. The van der Waals surface area contributed by atoms with Gasteiger partial charge >= 0.3 is 5.97 Å². The number of carboxylic acids is 1. The average molecular weight is 772 g/mol. The van der Waals surface area contributed by atoms with E-state index in [1.165, 1.54) is 56.9 Å². The number of ketones is 2. The van der Waals surface area contributed by atoms with Gasteiger partial charge in [0.05, 0.1) is 5.92 Å². The molecule has 1 heterocycles. The lowest BCUT2D eigenvalue weighted by molar-refractivity contribution is -0.193. The average Bonchev–Trinajstić information content (AvgIpc) is 3.82. The fourth-order valence-corrected chi connectivity index (χ4v) is 14.8. The highest BCUT2D eigenvalue weighted by molar-refractivity contribution is 6.00. The number of carboxylic acid groups (broad SMARTS) is 1. The third-order valence-electron chi connectivity index (χ3n) is 17.8. The maximum Gasteiger partial charge on any atom is 0.306 e. The Balaban J connectivity index is 0.000000891. The Hall–Kier alpha value is -2.51. The summed E-state index contributed by atoms with van der Waals surface area (Å²) in [6.07, 6.45) is 14.9. The molecule has 7 nitrogen and oxygen atoms in total. The molecule has 3 N–H and O–H groups in total. The molecule has 1 saturated heterocycles. The van der Waals surface area contributed by atoms with Crippen LogP contribution in [0.4, 0.5) is 0 Å². The van der Waals surface area contributed by atoms with E-state index in [0.29, 0.717) is 66.2 Å². The van der Waals surface area contributed by atoms with Crippen LogP contribution in [0.1, 0.15) is 144 Å². The van der Waals surface area contributed by atoms with Crippen molar-refractivity contribution < 1.29 is 29.3 Å². The van der Waals surface area contributed by atoms with Crippen molar-refractivity contribution in [1.29, 1.82) is 0 Å². The van der Waals surface area contributed by atoms with Gasteiger partial charge in [-0.1, -0.05) is 66.2 Å². The third kappa shape index (κ3) is 7.26. The van der Waals surface area contributed by atoms with Crippen LogP contribution in [0.25, 0.3) is 0 Å². The first kappa shape index (κ1) is 41.6. The normalized spacial score (nSPS) is 39.8. The lowest BCUT2D eigenvalue weighted by atomic mass is 9.35. The monoisotopic (exact) mass is 772 g/mol. The molecule has 5 saturated carbocycles. The number of benzene rings is 1. The minimum absolute atomic E-state index is 0.0148. The quantitative estimate of drug-likeness (QED) is 0.203. The fraction of sp³-hybridized carbons (Fsp3) is 0.776. The van der Waals surface area contributed by atoms with Crippen molar-refractivity contribution in [2.24, 2.45) is 74.9 Å². The van der Waals surface area contributed by atoms with E-state index in [-0.39, 0.29) is 45.3 Å². The highest BCUT2D eigenvalue weighted by atomic mass is 16.5. The zero-order valence-corrected chi connectivity index (χ0v) is 35.8. The van der Waals surface area contributed by atoms with Gasteiger partial charge in [-0.25, -0.2) is 0 Å². The number of rotatable bonds is 10. The number of aromatic hydroxyl groups is 1. The fourth-order valence-electron chi connectivity index (χ4n) is 14.8. The van der Waals surface area contributed by atoms with Gasteiger partial charge < -0.3 is 20.3 Å². The number of fused-ring (bicyclic) bond motifs is 7. The van der Waals surface area contributed by atoms with Gasteiger partial charge in [-0.15, -0.1) is 0 Å². The topological polar surface area (TPSA) is 113 Å². The highest BCUT2D eigenvalue weighted by Crippen LogP contribution is 2.74.